The quantitative estimate of drug-likeness (QED) is 0.257. The van der Waals surface area contributed by atoms with Crippen molar-refractivity contribution in [3.05, 3.63) is 29.8 Å². The zero-order valence-corrected chi connectivity index (χ0v) is 16.7. The summed E-state index contributed by atoms with van der Waals surface area (Å²) in [6.07, 6.45) is -6.02. The predicted molar refractivity (Wildman–Crippen MR) is 105 cm³/mol. The van der Waals surface area contributed by atoms with Crippen LogP contribution in [0.5, 0.6) is 5.75 Å². The SMILES string of the molecule is NCCCCCCNC(=O)C(F)c1ccccc1O[C@H]1O[C@H](CO)[C@H](O)[C@@H](O)[C@@H]1O. The maximum absolute atomic E-state index is 14.8. The third-order valence-electron chi connectivity index (χ3n) is 4.94. The Kier molecular flexibility index (Phi) is 9.89. The fourth-order valence-corrected chi connectivity index (χ4v) is 3.15. The number of amides is 1. The summed E-state index contributed by atoms with van der Waals surface area (Å²) in [5, 5.41) is 41.6. The number of rotatable bonds is 11. The van der Waals surface area contributed by atoms with Crippen LogP contribution < -0.4 is 15.8 Å². The van der Waals surface area contributed by atoms with Crippen molar-refractivity contribution >= 4 is 5.91 Å². The average Bonchev–Trinajstić information content (AvgIpc) is 2.76. The van der Waals surface area contributed by atoms with E-state index < -0.39 is 49.4 Å². The van der Waals surface area contributed by atoms with Gasteiger partial charge in [0.2, 0.25) is 12.5 Å². The van der Waals surface area contributed by atoms with Gasteiger partial charge in [0.05, 0.1) is 6.61 Å². The Morgan fingerprint density at radius 3 is 2.53 bits per heavy atom. The summed E-state index contributed by atoms with van der Waals surface area (Å²) in [4.78, 5) is 12.2. The lowest BCUT2D eigenvalue weighted by molar-refractivity contribution is -0.277. The second-order valence-corrected chi connectivity index (χ2v) is 7.21. The molecule has 1 unspecified atom stereocenters. The standard InChI is InChI=1S/C20H31FN2O7/c21-15(19(28)23-10-6-2-1-5-9-22)12-7-3-4-8-13(12)29-20-18(27)17(26)16(25)14(11-24)30-20/h3-4,7-8,14-18,20,24-27H,1-2,5-6,9-11,22H2,(H,23,28)/t14-,15?,16+,17-,18+,20+/m1/s1. The van der Waals surface area contributed by atoms with E-state index in [1.165, 1.54) is 18.2 Å². The van der Waals surface area contributed by atoms with E-state index in [0.717, 1.165) is 19.3 Å². The molecule has 9 nitrogen and oxygen atoms in total. The van der Waals surface area contributed by atoms with Gasteiger partial charge in [0.15, 0.2) is 0 Å². The van der Waals surface area contributed by atoms with Crippen LogP contribution in [0.25, 0.3) is 0 Å². The van der Waals surface area contributed by atoms with Crippen LogP contribution in [0.3, 0.4) is 0 Å². The minimum absolute atomic E-state index is 0.0626. The first-order valence-electron chi connectivity index (χ1n) is 10.1. The topological polar surface area (TPSA) is 154 Å². The lowest BCUT2D eigenvalue weighted by Gasteiger charge is -2.39. The highest BCUT2D eigenvalue weighted by molar-refractivity contribution is 5.82. The van der Waals surface area contributed by atoms with Crippen LogP contribution in [-0.2, 0) is 9.53 Å². The second kappa shape index (κ2) is 12.1. The maximum atomic E-state index is 14.8. The summed E-state index contributed by atoms with van der Waals surface area (Å²) >= 11 is 0. The van der Waals surface area contributed by atoms with E-state index in [1.54, 1.807) is 6.07 Å². The highest BCUT2D eigenvalue weighted by atomic mass is 19.1. The Morgan fingerprint density at radius 1 is 1.13 bits per heavy atom. The number of aliphatic hydroxyl groups is 4. The van der Waals surface area contributed by atoms with Crippen LogP contribution in [0.4, 0.5) is 4.39 Å². The molecular weight excluding hydrogens is 399 g/mol. The summed E-state index contributed by atoms with van der Waals surface area (Å²) in [5.41, 5.74) is 5.35. The first-order valence-corrected chi connectivity index (χ1v) is 10.1. The van der Waals surface area contributed by atoms with Crippen LogP contribution in [0.15, 0.2) is 24.3 Å². The van der Waals surface area contributed by atoms with E-state index in [0.29, 0.717) is 19.5 Å². The third kappa shape index (κ3) is 6.34. The van der Waals surface area contributed by atoms with E-state index in [2.05, 4.69) is 5.32 Å². The molecule has 0 spiro atoms. The van der Waals surface area contributed by atoms with E-state index in [-0.39, 0.29) is 11.3 Å². The van der Waals surface area contributed by atoms with Crippen molar-refractivity contribution in [2.24, 2.45) is 5.73 Å². The third-order valence-corrected chi connectivity index (χ3v) is 4.94. The number of unbranched alkanes of at least 4 members (excludes halogenated alkanes) is 3. The highest BCUT2D eigenvalue weighted by Gasteiger charge is 2.45. The van der Waals surface area contributed by atoms with Gasteiger partial charge < -0.3 is 41.0 Å². The Bertz CT molecular complexity index is 664. The molecule has 0 aromatic heterocycles. The molecule has 6 atom stereocenters. The molecule has 2 rings (SSSR count). The molecule has 170 valence electrons. The number of carbonyl (C=O) groups is 1. The van der Waals surface area contributed by atoms with Crippen molar-refractivity contribution in [2.45, 2.75) is 62.6 Å². The zero-order chi connectivity index (χ0) is 22.1. The van der Waals surface area contributed by atoms with Gasteiger partial charge in [-0.2, -0.15) is 0 Å². The molecule has 0 radical (unpaired) electrons. The number of nitrogens with two attached hydrogens (primary N) is 1. The van der Waals surface area contributed by atoms with Crippen molar-refractivity contribution in [3.63, 3.8) is 0 Å². The molecule has 1 aliphatic rings. The molecule has 1 fully saturated rings. The maximum Gasteiger partial charge on any atom is 0.259 e. The average molecular weight is 430 g/mol. The molecule has 0 bridgehead atoms. The van der Waals surface area contributed by atoms with Crippen LogP contribution in [0.2, 0.25) is 0 Å². The highest BCUT2D eigenvalue weighted by Crippen LogP contribution is 2.31. The first-order chi connectivity index (χ1) is 14.4. The van der Waals surface area contributed by atoms with Crippen molar-refractivity contribution in [1.82, 2.24) is 5.32 Å². The van der Waals surface area contributed by atoms with Gasteiger partial charge in [0.1, 0.15) is 30.2 Å². The van der Waals surface area contributed by atoms with E-state index in [4.69, 9.17) is 15.2 Å². The van der Waals surface area contributed by atoms with Gasteiger partial charge in [-0.15, -0.1) is 0 Å². The second-order valence-electron chi connectivity index (χ2n) is 7.21. The molecule has 0 saturated carbocycles. The fraction of sp³-hybridized carbons (Fsp3) is 0.650. The number of nitrogens with one attached hydrogen (secondary N) is 1. The van der Waals surface area contributed by atoms with Gasteiger partial charge in [-0.05, 0) is 25.5 Å². The van der Waals surface area contributed by atoms with E-state index in [1.807, 2.05) is 0 Å². The normalized spacial score (nSPS) is 27.5. The molecule has 1 amide bonds. The number of halogens is 1. The molecule has 0 aliphatic carbocycles. The molecule has 1 saturated heterocycles. The summed E-state index contributed by atoms with van der Waals surface area (Å²) in [6.45, 7) is 0.329. The van der Waals surface area contributed by atoms with Gasteiger partial charge >= 0.3 is 0 Å². The van der Waals surface area contributed by atoms with Crippen LogP contribution in [0.1, 0.15) is 37.4 Å². The number of hydrogen-bond acceptors (Lipinski definition) is 8. The zero-order valence-electron chi connectivity index (χ0n) is 16.7. The Labute approximate surface area is 174 Å². The molecule has 10 heteroatoms. The van der Waals surface area contributed by atoms with Crippen molar-refractivity contribution < 1.29 is 39.1 Å². The van der Waals surface area contributed by atoms with E-state index in [9.17, 15) is 29.6 Å². The summed E-state index contributed by atoms with van der Waals surface area (Å²) < 4.78 is 25.6. The molecule has 1 heterocycles. The van der Waals surface area contributed by atoms with Crippen molar-refractivity contribution in [1.29, 1.82) is 0 Å². The van der Waals surface area contributed by atoms with Gasteiger partial charge in [-0.25, -0.2) is 4.39 Å². The molecule has 30 heavy (non-hydrogen) atoms. The van der Waals surface area contributed by atoms with Gasteiger partial charge in [0, 0.05) is 12.1 Å². The largest absolute Gasteiger partial charge is 0.462 e. The first kappa shape index (κ1) is 24.4. The molecule has 1 aliphatic heterocycles. The number of aliphatic hydroxyl groups excluding tert-OH is 4. The summed E-state index contributed by atoms with van der Waals surface area (Å²) in [5.74, 6) is -0.883. The van der Waals surface area contributed by atoms with Crippen LogP contribution >= 0.6 is 0 Å². The van der Waals surface area contributed by atoms with Crippen molar-refractivity contribution in [2.75, 3.05) is 19.7 Å². The number of para-hydroxylation sites is 1. The van der Waals surface area contributed by atoms with Gasteiger partial charge in [-0.1, -0.05) is 31.0 Å². The summed E-state index contributed by atoms with van der Waals surface area (Å²) in [6, 6.07) is 5.83. The smallest absolute Gasteiger partial charge is 0.259 e. The fourth-order valence-electron chi connectivity index (χ4n) is 3.15. The van der Waals surface area contributed by atoms with Gasteiger partial charge in [0.25, 0.3) is 5.91 Å². The Hall–Kier alpha value is -1.82. The van der Waals surface area contributed by atoms with Gasteiger partial charge in [-0.3, -0.25) is 4.79 Å². The molecule has 7 N–H and O–H groups in total. The number of benzene rings is 1. The number of hydrogen-bond donors (Lipinski definition) is 6. The van der Waals surface area contributed by atoms with E-state index >= 15 is 0 Å². The minimum atomic E-state index is -2.02. The lowest BCUT2D eigenvalue weighted by Crippen LogP contribution is -2.60. The monoisotopic (exact) mass is 430 g/mol. The number of ether oxygens (including phenoxy) is 2. The molecule has 1 aromatic carbocycles. The number of carbonyl (C=O) groups excluding carboxylic acids is 1. The van der Waals surface area contributed by atoms with Crippen molar-refractivity contribution in [3.8, 4) is 5.75 Å². The predicted octanol–water partition coefficient (Wildman–Crippen LogP) is -0.489. The van der Waals surface area contributed by atoms with Crippen LogP contribution in [0, 0.1) is 0 Å². The molecular formula is C20H31FN2O7. The Morgan fingerprint density at radius 2 is 1.83 bits per heavy atom. The lowest BCUT2D eigenvalue weighted by atomic mass is 9.99. The minimum Gasteiger partial charge on any atom is -0.462 e. The van der Waals surface area contributed by atoms with Crippen LogP contribution in [-0.4, -0.2) is 76.7 Å². The molecule has 1 aromatic rings. The number of alkyl halides is 1. The Balaban J connectivity index is 2.00. The summed E-state index contributed by atoms with van der Waals surface area (Å²) in [7, 11) is 0.